The first-order chi connectivity index (χ1) is 10.2. The lowest BCUT2D eigenvalue weighted by molar-refractivity contribution is 0.0972. The van der Waals surface area contributed by atoms with Crippen LogP contribution < -0.4 is 5.32 Å². The molecule has 0 saturated carbocycles. The van der Waals surface area contributed by atoms with Crippen molar-refractivity contribution >= 4 is 6.01 Å². The molecule has 0 amide bonds. The number of nitrogens with one attached hydrogen (secondary N) is 1. The summed E-state index contributed by atoms with van der Waals surface area (Å²) in [6, 6.07) is 0.548. The predicted molar refractivity (Wildman–Crippen MR) is 77.0 cm³/mol. The normalized spacial score (nSPS) is 22.1. The Balaban J connectivity index is 1.75. The summed E-state index contributed by atoms with van der Waals surface area (Å²) in [6.45, 7) is 7.74. The fourth-order valence-corrected chi connectivity index (χ4v) is 2.52. The van der Waals surface area contributed by atoms with E-state index in [2.05, 4.69) is 31.9 Å². The minimum Gasteiger partial charge on any atom is -0.368 e. The van der Waals surface area contributed by atoms with Crippen LogP contribution in [0.5, 0.6) is 0 Å². The van der Waals surface area contributed by atoms with Crippen LogP contribution in [0.25, 0.3) is 0 Å². The summed E-state index contributed by atoms with van der Waals surface area (Å²) >= 11 is 0. The van der Waals surface area contributed by atoms with Gasteiger partial charge < -0.3 is 19.1 Å². The first-order valence-electron chi connectivity index (χ1n) is 7.41. The zero-order valence-corrected chi connectivity index (χ0v) is 12.6. The molecule has 0 aliphatic carbocycles. The molecule has 0 spiro atoms. The number of anilines is 1. The van der Waals surface area contributed by atoms with Crippen LogP contribution in [0.3, 0.4) is 0 Å². The van der Waals surface area contributed by atoms with E-state index in [1.807, 2.05) is 20.0 Å². The van der Waals surface area contributed by atoms with E-state index < -0.39 is 0 Å². The maximum absolute atomic E-state index is 5.84. The van der Waals surface area contributed by atoms with Crippen LogP contribution in [0.1, 0.15) is 50.9 Å². The molecule has 3 rings (SSSR count). The largest absolute Gasteiger partial charge is 0.368 e. The molecule has 0 radical (unpaired) electrons. The third-order valence-electron chi connectivity index (χ3n) is 3.70. The van der Waals surface area contributed by atoms with Gasteiger partial charge in [-0.2, -0.15) is 4.98 Å². The highest BCUT2D eigenvalue weighted by atomic mass is 16.5. The Labute approximate surface area is 123 Å². The molecule has 2 aromatic rings. The van der Waals surface area contributed by atoms with Crippen LogP contribution in [0, 0.1) is 0 Å². The monoisotopic (exact) mass is 291 g/mol. The quantitative estimate of drug-likeness (QED) is 0.911. The van der Waals surface area contributed by atoms with Gasteiger partial charge >= 0.3 is 6.01 Å². The molecule has 1 fully saturated rings. The van der Waals surface area contributed by atoms with Crippen molar-refractivity contribution in [1.29, 1.82) is 0 Å². The van der Waals surface area contributed by atoms with Crippen LogP contribution in [-0.4, -0.2) is 32.3 Å². The van der Waals surface area contributed by atoms with Crippen molar-refractivity contribution in [2.75, 3.05) is 11.9 Å². The molecule has 0 unspecified atom stereocenters. The van der Waals surface area contributed by atoms with Crippen LogP contribution in [0.4, 0.5) is 6.01 Å². The van der Waals surface area contributed by atoms with E-state index in [1.165, 1.54) is 0 Å². The maximum Gasteiger partial charge on any atom is 0.321 e. The highest BCUT2D eigenvalue weighted by Crippen LogP contribution is 2.30. The molecule has 0 aromatic carbocycles. The number of imidazole rings is 1. The second-order valence-electron chi connectivity index (χ2n) is 5.51. The summed E-state index contributed by atoms with van der Waals surface area (Å²) in [4.78, 5) is 8.79. The van der Waals surface area contributed by atoms with E-state index >= 15 is 0 Å². The molecule has 1 saturated heterocycles. The van der Waals surface area contributed by atoms with Crippen molar-refractivity contribution in [2.24, 2.45) is 0 Å². The summed E-state index contributed by atoms with van der Waals surface area (Å²) in [5, 5.41) is 7.26. The number of rotatable bonds is 5. The minimum atomic E-state index is -0.0886. The number of aryl methyl sites for hydroxylation is 1. The molecule has 1 aliphatic rings. The van der Waals surface area contributed by atoms with Crippen LogP contribution >= 0.6 is 0 Å². The SMILES string of the molecule is CCn1ccnc1[C@H]1OCC[C@@H]1Nc1nc(C(C)C)no1. The van der Waals surface area contributed by atoms with Crippen LogP contribution in [-0.2, 0) is 11.3 Å². The summed E-state index contributed by atoms with van der Waals surface area (Å²) in [5.74, 6) is 1.90. The van der Waals surface area contributed by atoms with Gasteiger partial charge in [-0.1, -0.05) is 19.0 Å². The second kappa shape index (κ2) is 5.85. The predicted octanol–water partition coefficient (Wildman–Crippen LogP) is 2.35. The Hall–Kier alpha value is -1.89. The smallest absolute Gasteiger partial charge is 0.321 e. The lowest BCUT2D eigenvalue weighted by atomic mass is 10.1. The van der Waals surface area contributed by atoms with Gasteiger partial charge in [-0.3, -0.25) is 0 Å². The molecular weight excluding hydrogens is 270 g/mol. The van der Waals surface area contributed by atoms with Crippen molar-refractivity contribution in [3.8, 4) is 0 Å². The molecule has 21 heavy (non-hydrogen) atoms. The van der Waals surface area contributed by atoms with Gasteiger partial charge in [0.15, 0.2) is 5.82 Å². The summed E-state index contributed by atoms with van der Waals surface area (Å²) in [7, 11) is 0. The summed E-state index contributed by atoms with van der Waals surface area (Å²) in [5.41, 5.74) is 0. The molecule has 1 aliphatic heterocycles. The van der Waals surface area contributed by atoms with Crippen LogP contribution in [0.2, 0.25) is 0 Å². The van der Waals surface area contributed by atoms with Gasteiger partial charge in [0.25, 0.3) is 0 Å². The van der Waals surface area contributed by atoms with Gasteiger partial charge in [0.1, 0.15) is 11.9 Å². The molecule has 114 valence electrons. The van der Waals surface area contributed by atoms with E-state index in [0.29, 0.717) is 18.4 Å². The van der Waals surface area contributed by atoms with Crippen molar-refractivity contribution in [2.45, 2.75) is 51.8 Å². The highest BCUT2D eigenvalue weighted by molar-refractivity contribution is 5.24. The molecule has 1 N–H and O–H groups in total. The van der Waals surface area contributed by atoms with E-state index in [-0.39, 0.29) is 18.1 Å². The van der Waals surface area contributed by atoms with E-state index in [0.717, 1.165) is 18.8 Å². The third-order valence-corrected chi connectivity index (χ3v) is 3.70. The van der Waals surface area contributed by atoms with Gasteiger partial charge in [-0.05, 0) is 13.3 Å². The standard InChI is InChI=1S/C14H21N5O2/c1-4-19-7-6-15-13(19)11-10(5-8-20-11)16-14-17-12(9(2)3)18-21-14/h6-7,9-11H,4-5,8H2,1-3H3,(H,16,17,18)/t10-,11-/m0/s1. The molecule has 7 nitrogen and oxygen atoms in total. The Morgan fingerprint density at radius 1 is 1.48 bits per heavy atom. The number of hydrogen-bond acceptors (Lipinski definition) is 6. The zero-order chi connectivity index (χ0) is 14.8. The highest BCUT2D eigenvalue weighted by Gasteiger charge is 2.33. The topological polar surface area (TPSA) is 78.0 Å². The maximum atomic E-state index is 5.84. The third kappa shape index (κ3) is 2.78. The Morgan fingerprint density at radius 2 is 2.33 bits per heavy atom. The lowest BCUT2D eigenvalue weighted by Gasteiger charge is -2.19. The summed E-state index contributed by atoms with van der Waals surface area (Å²) in [6.07, 6.45) is 4.58. The average molecular weight is 291 g/mol. The van der Waals surface area contributed by atoms with E-state index in [4.69, 9.17) is 9.26 Å². The molecular formula is C14H21N5O2. The molecule has 0 bridgehead atoms. The number of ether oxygens (including phenoxy) is 1. The minimum absolute atomic E-state index is 0.0886. The molecule has 2 atom stereocenters. The lowest BCUT2D eigenvalue weighted by Crippen LogP contribution is -2.25. The number of hydrogen-bond donors (Lipinski definition) is 1. The van der Waals surface area contributed by atoms with Crippen molar-refractivity contribution < 1.29 is 9.26 Å². The first kappa shape index (κ1) is 14.1. The Kier molecular flexibility index (Phi) is 3.92. The fourth-order valence-electron chi connectivity index (χ4n) is 2.52. The number of nitrogens with zero attached hydrogens (tertiary/aromatic N) is 4. The Morgan fingerprint density at radius 3 is 3.05 bits per heavy atom. The van der Waals surface area contributed by atoms with E-state index in [1.54, 1.807) is 6.20 Å². The molecule has 2 aromatic heterocycles. The first-order valence-corrected chi connectivity index (χ1v) is 7.41. The van der Waals surface area contributed by atoms with Crippen LogP contribution in [0.15, 0.2) is 16.9 Å². The Bertz CT molecular complexity index is 592. The van der Waals surface area contributed by atoms with Crippen molar-refractivity contribution in [1.82, 2.24) is 19.7 Å². The van der Waals surface area contributed by atoms with Crippen molar-refractivity contribution in [3.05, 3.63) is 24.0 Å². The fraction of sp³-hybridized carbons (Fsp3) is 0.643. The van der Waals surface area contributed by atoms with Gasteiger partial charge in [-0.25, -0.2) is 4.98 Å². The molecule has 3 heterocycles. The van der Waals surface area contributed by atoms with Crippen molar-refractivity contribution in [3.63, 3.8) is 0 Å². The van der Waals surface area contributed by atoms with Gasteiger partial charge in [0.2, 0.25) is 0 Å². The molecule has 7 heteroatoms. The zero-order valence-electron chi connectivity index (χ0n) is 12.6. The van der Waals surface area contributed by atoms with Gasteiger partial charge in [0, 0.05) is 31.5 Å². The van der Waals surface area contributed by atoms with Gasteiger partial charge in [-0.15, -0.1) is 0 Å². The average Bonchev–Trinajstić information content (AvgIpc) is 3.18. The number of aromatic nitrogens is 4. The van der Waals surface area contributed by atoms with Gasteiger partial charge in [0.05, 0.1) is 6.04 Å². The van der Waals surface area contributed by atoms with E-state index in [9.17, 15) is 0 Å². The summed E-state index contributed by atoms with van der Waals surface area (Å²) < 4.78 is 13.2. The second-order valence-corrected chi connectivity index (χ2v) is 5.51.